The Balaban J connectivity index is 1.27. The molecular formula is C31H50N4O2. The fourth-order valence-electron chi connectivity index (χ4n) is 6.56. The summed E-state index contributed by atoms with van der Waals surface area (Å²) in [7, 11) is 0. The lowest BCUT2D eigenvalue weighted by Crippen LogP contribution is -2.73. The van der Waals surface area contributed by atoms with E-state index < -0.39 is 5.54 Å². The van der Waals surface area contributed by atoms with Crippen LogP contribution >= 0.6 is 0 Å². The van der Waals surface area contributed by atoms with E-state index in [1.165, 1.54) is 56.9 Å². The SMILES string of the molecule is CC(C)C[C@@H]1NC(=O)C2(CCN(CCCCCCc3ccccc3)CC2)N(CCN2CCCCC2)C1=O. The molecule has 0 bridgehead atoms. The van der Waals surface area contributed by atoms with Crippen LogP contribution in [0.2, 0.25) is 0 Å². The number of rotatable bonds is 12. The predicted octanol–water partition coefficient (Wildman–Crippen LogP) is 4.48. The maximum atomic E-state index is 13.7. The Hall–Kier alpha value is -1.92. The first-order valence-electron chi connectivity index (χ1n) is 15.1. The van der Waals surface area contributed by atoms with Crippen LogP contribution in [0.25, 0.3) is 0 Å². The van der Waals surface area contributed by atoms with Crippen molar-refractivity contribution in [3.63, 3.8) is 0 Å². The zero-order chi connectivity index (χ0) is 26.1. The molecule has 37 heavy (non-hydrogen) atoms. The zero-order valence-electron chi connectivity index (χ0n) is 23.4. The number of amides is 2. The fourth-order valence-corrected chi connectivity index (χ4v) is 6.56. The van der Waals surface area contributed by atoms with Gasteiger partial charge in [0.2, 0.25) is 11.8 Å². The van der Waals surface area contributed by atoms with Gasteiger partial charge in [0, 0.05) is 26.2 Å². The number of aryl methyl sites for hydroxylation is 1. The van der Waals surface area contributed by atoms with Gasteiger partial charge in [0.1, 0.15) is 11.6 Å². The topological polar surface area (TPSA) is 55.9 Å². The molecule has 1 spiro atoms. The molecule has 3 heterocycles. The minimum absolute atomic E-state index is 0.0944. The second kappa shape index (κ2) is 13.7. The molecule has 0 radical (unpaired) electrons. The second-order valence-electron chi connectivity index (χ2n) is 12.1. The number of hydrogen-bond donors (Lipinski definition) is 1. The summed E-state index contributed by atoms with van der Waals surface area (Å²) >= 11 is 0. The number of likely N-dealkylation sites (tertiary alicyclic amines) is 2. The van der Waals surface area contributed by atoms with Crippen LogP contribution in [0.5, 0.6) is 0 Å². The maximum absolute atomic E-state index is 13.7. The Morgan fingerprint density at radius 3 is 2.22 bits per heavy atom. The van der Waals surface area contributed by atoms with Gasteiger partial charge in [-0.1, -0.05) is 63.4 Å². The Morgan fingerprint density at radius 2 is 1.51 bits per heavy atom. The standard InChI is InChI=1S/C31H50N4O2/c1-26(2)25-28-29(36)35(24-23-33-18-11-6-12-19-33)31(30(37)32-28)16-21-34(22-17-31)20-10-4-3-7-13-27-14-8-5-9-15-27/h5,8-9,14-15,26,28H,3-4,6-7,10-13,16-25H2,1-2H3,(H,32,37)/t28-/m0/s1. The largest absolute Gasteiger partial charge is 0.342 e. The minimum atomic E-state index is -0.660. The van der Waals surface area contributed by atoms with Gasteiger partial charge in [0.05, 0.1) is 0 Å². The molecule has 3 aliphatic heterocycles. The van der Waals surface area contributed by atoms with E-state index in [1.54, 1.807) is 0 Å². The highest BCUT2D eigenvalue weighted by Crippen LogP contribution is 2.34. The van der Waals surface area contributed by atoms with E-state index in [1.807, 2.05) is 4.90 Å². The summed E-state index contributed by atoms with van der Waals surface area (Å²) in [5.41, 5.74) is 0.775. The number of nitrogens with zero attached hydrogens (tertiary/aromatic N) is 3. The van der Waals surface area contributed by atoms with E-state index in [0.717, 1.165) is 58.5 Å². The van der Waals surface area contributed by atoms with Crippen LogP contribution in [0, 0.1) is 5.92 Å². The van der Waals surface area contributed by atoms with E-state index >= 15 is 0 Å². The van der Waals surface area contributed by atoms with Gasteiger partial charge in [-0.05, 0) is 82.5 Å². The van der Waals surface area contributed by atoms with Crippen LogP contribution in [-0.4, -0.2) is 83.9 Å². The lowest BCUT2D eigenvalue weighted by atomic mass is 9.81. The van der Waals surface area contributed by atoms with Crippen molar-refractivity contribution < 1.29 is 9.59 Å². The molecule has 206 valence electrons. The summed E-state index contributed by atoms with van der Waals surface area (Å²) < 4.78 is 0. The zero-order valence-corrected chi connectivity index (χ0v) is 23.4. The van der Waals surface area contributed by atoms with Crippen molar-refractivity contribution in [2.75, 3.05) is 45.8 Å². The van der Waals surface area contributed by atoms with Crippen molar-refractivity contribution in [2.45, 2.75) is 96.1 Å². The molecule has 1 aromatic rings. The van der Waals surface area contributed by atoms with Crippen LogP contribution in [0.15, 0.2) is 30.3 Å². The lowest BCUT2D eigenvalue weighted by molar-refractivity contribution is -0.162. The van der Waals surface area contributed by atoms with Crippen LogP contribution in [0.1, 0.15) is 83.6 Å². The van der Waals surface area contributed by atoms with Crippen LogP contribution in [-0.2, 0) is 16.0 Å². The number of piperidine rings is 2. The van der Waals surface area contributed by atoms with Crippen molar-refractivity contribution in [3.05, 3.63) is 35.9 Å². The molecule has 1 aromatic carbocycles. The van der Waals surface area contributed by atoms with Crippen molar-refractivity contribution in [1.29, 1.82) is 0 Å². The second-order valence-corrected chi connectivity index (χ2v) is 12.1. The highest BCUT2D eigenvalue weighted by atomic mass is 16.2. The van der Waals surface area contributed by atoms with Gasteiger partial charge >= 0.3 is 0 Å². The lowest BCUT2D eigenvalue weighted by Gasteiger charge is -2.52. The Labute approximate surface area is 225 Å². The van der Waals surface area contributed by atoms with Crippen molar-refractivity contribution in [2.24, 2.45) is 5.92 Å². The molecule has 6 nitrogen and oxygen atoms in total. The third-order valence-electron chi connectivity index (χ3n) is 8.82. The summed E-state index contributed by atoms with van der Waals surface area (Å²) in [5, 5.41) is 3.16. The molecule has 0 aliphatic carbocycles. The third kappa shape index (κ3) is 7.57. The number of hydrogen-bond acceptors (Lipinski definition) is 4. The van der Waals surface area contributed by atoms with Crippen LogP contribution < -0.4 is 5.32 Å². The van der Waals surface area contributed by atoms with E-state index in [2.05, 4.69) is 59.3 Å². The molecule has 0 saturated carbocycles. The fraction of sp³-hybridized carbons (Fsp3) is 0.742. The average molecular weight is 511 g/mol. The van der Waals surface area contributed by atoms with Crippen molar-refractivity contribution >= 4 is 11.8 Å². The van der Waals surface area contributed by atoms with Crippen LogP contribution in [0.4, 0.5) is 0 Å². The van der Waals surface area contributed by atoms with E-state index in [-0.39, 0.29) is 17.9 Å². The van der Waals surface area contributed by atoms with E-state index in [4.69, 9.17) is 0 Å². The molecule has 0 aromatic heterocycles. The number of carbonyl (C=O) groups excluding carboxylic acids is 2. The molecule has 1 N–H and O–H groups in total. The van der Waals surface area contributed by atoms with Crippen molar-refractivity contribution in [3.8, 4) is 0 Å². The normalized spacial score (nSPS) is 23.1. The van der Waals surface area contributed by atoms with Gasteiger partial charge in [-0.3, -0.25) is 9.59 Å². The van der Waals surface area contributed by atoms with Gasteiger partial charge in [-0.2, -0.15) is 0 Å². The highest BCUT2D eigenvalue weighted by Gasteiger charge is 2.53. The number of benzene rings is 1. The molecule has 3 aliphatic rings. The van der Waals surface area contributed by atoms with Gasteiger partial charge in [0.25, 0.3) is 0 Å². The van der Waals surface area contributed by atoms with Gasteiger partial charge in [-0.25, -0.2) is 0 Å². The first kappa shape index (κ1) is 28.1. The molecule has 3 fully saturated rings. The van der Waals surface area contributed by atoms with E-state index in [9.17, 15) is 9.59 Å². The summed E-state index contributed by atoms with van der Waals surface area (Å²) in [6.07, 6.45) is 12.2. The third-order valence-corrected chi connectivity index (χ3v) is 8.82. The number of nitrogens with one attached hydrogen (secondary N) is 1. The molecule has 2 amide bonds. The summed E-state index contributed by atoms with van der Waals surface area (Å²) in [6, 6.07) is 10.4. The Kier molecular flexibility index (Phi) is 10.4. The van der Waals surface area contributed by atoms with Gasteiger partial charge < -0.3 is 20.0 Å². The molecule has 0 unspecified atom stereocenters. The summed E-state index contributed by atoms with van der Waals surface area (Å²) in [4.78, 5) is 34.3. The highest BCUT2D eigenvalue weighted by molar-refractivity contribution is 6.00. The molecular weight excluding hydrogens is 460 g/mol. The monoisotopic (exact) mass is 510 g/mol. The van der Waals surface area contributed by atoms with Gasteiger partial charge in [-0.15, -0.1) is 0 Å². The quantitative estimate of drug-likeness (QED) is 0.421. The number of unbranched alkanes of at least 4 members (excludes halogenated alkanes) is 3. The molecule has 6 heteroatoms. The summed E-state index contributed by atoms with van der Waals surface area (Å²) in [5.74, 6) is 0.621. The summed E-state index contributed by atoms with van der Waals surface area (Å²) in [6.45, 7) is 11.0. The Bertz CT molecular complexity index is 844. The van der Waals surface area contributed by atoms with Crippen molar-refractivity contribution in [1.82, 2.24) is 20.0 Å². The first-order valence-corrected chi connectivity index (χ1v) is 15.1. The van der Waals surface area contributed by atoms with Crippen LogP contribution in [0.3, 0.4) is 0 Å². The first-order chi connectivity index (χ1) is 18.0. The minimum Gasteiger partial charge on any atom is -0.342 e. The average Bonchev–Trinajstić information content (AvgIpc) is 2.91. The molecule has 3 saturated heterocycles. The number of piperazine rings is 1. The Morgan fingerprint density at radius 1 is 0.838 bits per heavy atom. The molecule has 1 atom stereocenters. The molecule has 4 rings (SSSR count). The predicted molar refractivity (Wildman–Crippen MR) is 150 cm³/mol. The smallest absolute Gasteiger partial charge is 0.246 e. The van der Waals surface area contributed by atoms with Gasteiger partial charge in [0.15, 0.2) is 0 Å². The van der Waals surface area contributed by atoms with E-state index in [0.29, 0.717) is 12.5 Å². The number of carbonyl (C=O) groups is 2. The maximum Gasteiger partial charge on any atom is 0.246 e.